The number of rotatable bonds is 5. The van der Waals surface area contributed by atoms with E-state index < -0.39 is 0 Å². The first-order valence-electron chi connectivity index (χ1n) is 10.2. The van der Waals surface area contributed by atoms with Crippen LogP contribution in [0.2, 0.25) is 0 Å². The Morgan fingerprint density at radius 3 is 2.52 bits per heavy atom. The topological polar surface area (TPSA) is 37.3 Å². The lowest BCUT2D eigenvalue weighted by atomic mass is 9.50. The molecule has 2 nitrogen and oxygen atoms in total. The first-order valence-corrected chi connectivity index (χ1v) is 10.2. The Balaban J connectivity index is 1.81. The minimum absolute atomic E-state index is 0.112. The van der Waals surface area contributed by atoms with Crippen molar-refractivity contribution in [1.82, 2.24) is 0 Å². The second-order valence-corrected chi connectivity index (χ2v) is 8.93. The number of ketones is 1. The van der Waals surface area contributed by atoms with Crippen LogP contribution >= 0.6 is 0 Å². The number of aliphatic hydroxyl groups is 1. The second kappa shape index (κ2) is 6.86. The van der Waals surface area contributed by atoms with E-state index in [1.165, 1.54) is 51.4 Å². The summed E-state index contributed by atoms with van der Waals surface area (Å²) in [6.45, 7) is 6.85. The molecule has 0 spiro atoms. The molecule has 7 unspecified atom stereocenters. The molecule has 1 N–H and O–H groups in total. The van der Waals surface area contributed by atoms with Gasteiger partial charge in [-0.05, 0) is 73.5 Å². The van der Waals surface area contributed by atoms with Gasteiger partial charge in [0.05, 0.1) is 0 Å². The standard InChI is InChI=1S/C21H36O2/c1-4-6-15-14(5-2)7-8-17-16(15)11-12-21(3)18(17)9-10-19(21)20(23)13-22/h14-19,22H,4-13H2,1-3H3. The van der Waals surface area contributed by atoms with E-state index in [2.05, 4.69) is 20.8 Å². The molecule has 0 saturated heterocycles. The van der Waals surface area contributed by atoms with Gasteiger partial charge in [-0.3, -0.25) is 4.79 Å². The molecule has 0 aliphatic heterocycles. The highest BCUT2D eigenvalue weighted by Crippen LogP contribution is 2.63. The van der Waals surface area contributed by atoms with Gasteiger partial charge in [0.2, 0.25) is 0 Å². The summed E-state index contributed by atoms with van der Waals surface area (Å²) in [5.41, 5.74) is 0.177. The Morgan fingerprint density at radius 2 is 1.87 bits per heavy atom. The van der Waals surface area contributed by atoms with E-state index in [1.54, 1.807) is 0 Å². The van der Waals surface area contributed by atoms with Gasteiger partial charge in [0.25, 0.3) is 0 Å². The van der Waals surface area contributed by atoms with Crippen LogP contribution in [-0.2, 0) is 4.79 Å². The molecule has 0 aromatic heterocycles. The first-order chi connectivity index (χ1) is 11.1. The van der Waals surface area contributed by atoms with Gasteiger partial charge in [-0.25, -0.2) is 0 Å². The fourth-order valence-corrected chi connectivity index (χ4v) is 7.16. The van der Waals surface area contributed by atoms with E-state index >= 15 is 0 Å². The quantitative estimate of drug-likeness (QED) is 0.787. The normalized spacial score (nSPS) is 46.3. The maximum Gasteiger partial charge on any atom is 0.161 e. The zero-order chi connectivity index (χ0) is 16.6. The molecular weight excluding hydrogens is 284 g/mol. The summed E-state index contributed by atoms with van der Waals surface area (Å²) in [6, 6.07) is 0. The Labute approximate surface area is 142 Å². The third-order valence-corrected chi connectivity index (χ3v) is 8.21. The van der Waals surface area contributed by atoms with Crippen LogP contribution in [0.4, 0.5) is 0 Å². The number of carbonyl (C=O) groups is 1. The molecule has 3 aliphatic rings. The van der Waals surface area contributed by atoms with Crippen molar-refractivity contribution in [1.29, 1.82) is 0 Å². The molecular formula is C21H36O2. The van der Waals surface area contributed by atoms with E-state index in [1.807, 2.05) is 0 Å². The lowest BCUT2D eigenvalue weighted by Gasteiger charge is -2.54. The average Bonchev–Trinajstić information content (AvgIpc) is 2.92. The Kier molecular flexibility index (Phi) is 5.21. The lowest BCUT2D eigenvalue weighted by Crippen LogP contribution is -2.48. The van der Waals surface area contributed by atoms with E-state index in [0.717, 1.165) is 36.0 Å². The third kappa shape index (κ3) is 2.79. The van der Waals surface area contributed by atoms with Gasteiger partial charge in [-0.2, -0.15) is 0 Å². The van der Waals surface area contributed by atoms with Gasteiger partial charge >= 0.3 is 0 Å². The minimum Gasteiger partial charge on any atom is -0.389 e. The molecule has 7 atom stereocenters. The molecule has 2 heteroatoms. The number of hydrogen-bond donors (Lipinski definition) is 1. The van der Waals surface area contributed by atoms with Crippen molar-refractivity contribution >= 4 is 5.78 Å². The molecule has 3 rings (SSSR count). The molecule has 23 heavy (non-hydrogen) atoms. The van der Waals surface area contributed by atoms with Gasteiger partial charge in [0, 0.05) is 5.92 Å². The highest BCUT2D eigenvalue weighted by atomic mass is 16.3. The van der Waals surface area contributed by atoms with Crippen LogP contribution in [0.3, 0.4) is 0 Å². The molecule has 0 heterocycles. The van der Waals surface area contributed by atoms with Crippen molar-refractivity contribution < 1.29 is 9.90 Å². The zero-order valence-electron chi connectivity index (χ0n) is 15.4. The third-order valence-electron chi connectivity index (χ3n) is 8.21. The van der Waals surface area contributed by atoms with Crippen LogP contribution in [0.5, 0.6) is 0 Å². The van der Waals surface area contributed by atoms with Crippen molar-refractivity contribution in [2.24, 2.45) is 40.9 Å². The SMILES string of the molecule is CCCC1C(CC)CCC2C1CCC1(C)C(C(=O)CO)CCC21. The van der Waals surface area contributed by atoms with Crippen LogP contribution in [0.1, 0.15) is 78.6 Å². The van der Waals surface area contributed by atoms with Crippen molar-refractivity contribution in [3.8, 4) is 0 Å². The number of carbonyl (C=O) groups excluding carboxylic acids is 1. The summed E-state index contributed by atoms with van der Waals surface area (Å²) >= 11 is 0. The summed E-state index contributed by atoms with van der Waals surface area (Å²) in [4.78, 5) is 12.2. The van der Waals surface area contributed by atoms with E-state index in [9.17, 15) is 9.90 Å². The number of Topliss-reactive ketones (excluding diaryl/α,β-unsaturated/α-hetero) is 1. The highest BCUT2D eigenvalue weighted by Gasteiger charge is 2.57. The highest BCUT2D eigenvalue weighted by molar-refractivity contribution is 5.83. The molecule has 0 aromatic carbocycles. The largest absolute Gasteiger partial charge is 0.389 e. The fraction of sp³-hybridized carbons (Fsp3) is 0.952. The first kappa shape index (κ1) is 17.5. The number of fused-ring (bicyclic) bond motifs is 3. The van der Waals surface area contributed by atoms with Crippen molar-refractivity contribution in [3.05, 3.63) is 0 Å². The molecule has 3 aliphatic carbocycles. The summed E-state index contributed by atoms with van der Waals surface area (Å²) in [5.74, 6) is 4.61. The van der Waals surface area contributed by atoms with Crippen molar-refractivity contribution in [3.63, 3.8) is 0 Å². The van der Waals surface area contributed by atoms with Gasteiger partial charge in [0.15, 0.2) is 5.78 Å². The van der Waals surface area contributed by atoms with Crippen molar-refractivity contribution in [2.75, 3.05) is 6.61 Å². The average molecular weight is 321 g/mol. The molecule has 3 saturated carbocycles. The maximum atomic E-state index is 12.2. The maximum absolute atomic E-state index is 12.2. The summed E-state index contributed by atoms with van der Waals surface area (Å²) in [7, 11) is 0. The van der Waals surface area contributed by atoms with Gasteiger partial charge < -0.3 is 5.11 Å². The Bertz CT molecular complexity index is 432. The van der Waals surface area contributed by atoms with Crippen LogP contribution in [0.15, 0.2) is 0 Å². The van der Waals surface area contributed by atoms with Crippen LogP contribution in [0, 0.1) is 40.9 Å². The predicted octanol–water partition coefficient (Wildman–Crippen LogP) is 4.84. The van der Waals surface area contributed by atoms with Gasteiger partial charge in [-0.1, -0.05) is 40.0 Å². The Morgan fingerprint density at radius 1 is 1.09 bits per heavy atom. The van der Waals surface area contributed by atoms with Crippen LogP contribution in [-0.4, -0.2) is 17.5 Å². The molecule has 0 bridgehead atoms. The lowest BCUT2D eigenvalue weighted by molar-refractivity contribution is -0.132. The molecule has 0 radical (unpaired) electrons. The van der Waals surface area contributed by atoms with Gasteiger partial charge in [0.1, 0.15) is 6.61 Å². The zero-order valence-corrected chi connectivity index (χ0v) is 15.4. The molecule has 3 fully saturated rings. The monoisotopic (exact) mass is 320 g/mol. The summed E-state index contributed by atoms with van der Waals surface area (Å²) in [6.07, 6.45) is 11.7. The number of aliphatic hydroxyl groups excluding tert-OH is 1. The predicted molar refractivity (Wildman–Crippen MR) is 94.0 cm³/mol. The smallest absolute Gasteiger partial charge is 0.161 e. The van der Waals surface area contributed by atoms with Crippen LogP contribution in [0.25, 0.3) is 0 Å². The molecule has 132 valence electrons. The number of hydrogen-bond acceptors (Lipinski definition) is 2. The summed E-state index contributed by atoms with van der Waals surface area (Å²) < 4.78 is 0. The van der Waals surface area contributed by atoms with E-state index in [-0.39, 0.29) is 23.7 Å². The minimum atomic E-state index is -0.253. The van der Waals surface area contributed by atoms with E-state index in [0.29, 0.717) is 0 Å². The van der Waals surface area contributed by atoms with E-state index in [4.69, 9.17) is 0 Å². The second-order valence-electron chi connectivity index (χ2n) is 8.93. The summed E-state index contributed by atoms with van der Waals surface area (Å²) in [5, 5.41) is 9.36. The Hall–Kier alpha value is -0.370. The van der Waals surface area contributed by atoms with Crippen molar-refractivity contribution in [2.45, 2.75) is 78.6 Å². The fourth-order valence-electron chi connectivity index (χ4n) is 7.16. The van der Waals surface area contributed by atoms with Gasteiger partial charge in [-0.15, -0.1) is 0 Å². The molecule has 0 amide bonds. The molecule has 0 aromatic rings. The van der Waals surface area contributed by atoms with Crippen LogP contribution < -0.4 is 0 Å².